The second kappa shape index (κ2) is 5.99. The summed E-state index contributed by atoms with van der Waals surface area (Å²) in [6.07, 6.45) is 3.19. The Kier molecular flexibility index (Phi) is 4.01. The highest BCUT2D eigenvalue weighted by atomic mass is 19.1. The van der Waals surface area contributed by atoms with E-state index in [1.54, 1.807) is 25.4 Å². The molecule has 0 aliphatic heterocycles. The smallest absolute Gasteiger partial charge is 0.222 e. The van der Waals surface area contributed by atoms with Crippen LogP contribution in [-0.2, 0) is 0 Å². The minimum atomic E-state index is -1.04. The lowest BCUT2D eigenvalue weighted by atomic mass is 10.1. The zero-order chi connectivity index (χ0) is 17.4. The van der Waals surface area contributed by atoms with Crippen LogP contribution in [0, 0.1) is 18.6 Å². The maximum absolute atomic E-state index is 14.1. The molecule has 3 rings (SSSR count). The average Bonchev–Trinajstić information content (AvgIpc) is 2.52. The molecule has 0 fully saturated rings. The van der Waals surface area contributed by atoms with Gasteiger partial charge in [0.15, 0.2) is 17.4 Å². The number of anilines is 1. The molecular formula is C17H16F2N4O. The fraction of sp³-hybridized carbons (Fsp3) is 0.235. The predicted molar refractivity (Wildman–Crippen MR) is 87.8 cm³/mol. The van der Waals surface area contributed by atoms with Crippen LogP contribution in [0.3, 0.4) is 0 Å². The summed E-state index contributed by atoms with van der Waals surface area (Å²) < 4.78 is 27.7. The lowest BCUT2D eigenvalue weighted by Crippen LogP contribution is -2.12. The standard InChI is InChI=1S/C17H16F2N4O/c1-8(2)22-17-20-6-10(7-21-17)12-4-9(3)14-13(23-12)5-11(18)16(24)15(14)19/h4-8,24H,1-3H3,(H,20,21,22). The molecule has 0 unspecified atom stereocenters. The first kappa shape index (κ1) is 16.0. The van der Waals surface area contributed by atoms with Gasteiger partial charge in [0.25, 0.3) is 0 Å². The van der Waals surface area contributed by atoms with Crippen molar-refractivity contribution in [2.45, 2.75) is 26.8 Å². The number of aryl methyl sites for hydroxylation is 1. The first-order chi connectivity index (χ1) is 11.4. The van der Waals surface area contributed by atoms with Gasteiger partial charge in [-0.1, -0.05) is 0 Å². The van der Waals surface area contributed by atoms with Crippen molar-refractivity contribution in [2.75, 3.05) is 5.32 Å². The van der Waals surface area contributed by atoms with E-state index in [0.717, 1.165) is 6.07 Å². The summed E-state index contributed by atoms with van der Waals surface area (Å²) in [5, 5.41) is 12.6. The predicted octanol–water partition coefficient (Wildman–Crippen LogP) is 3.80. The third-order valence-electron chi connectivity index (χ3n) is 3.53. The normalized spacial score (nSPS) is 11.2. The molecule has 0 spiro atoms. The minimum absolute atomic E-state index is 0.0941. The number of nitrogens with zero attached hydrogens (tertiary/aromatic N) is 3. The summed E-state index contributed by atoms with van der Waals surface area (Å²) in [5.41, 5.74) is 1.79. The van der Waals surface area contributed by atoms with Crippen molar-refractivity contribution in [3.63, 3.8) is 0 Å². The number of hydrogen-bond donors (Lipinski definition) is 2. The molecule has 124 valence electrons. The van der Waals surface area contributed by atoms with E-state index in [1.807, 2.05) is 13.8 Å². The Balaban J connectivity index is 2.09. The highest BCUT2D eigenvalue weighted by Crippen LogP contribution is 2.32. The molecule has 0 amide bonds. The Morgan fingerprint density at radius 2 is 1.79 bits per heavy atom. The van der Waals surface area contributed by atoms with Gasteiger partial charge in [-0.2, -0.15) is 0 Å². The fourth-order valence-corrected chi connectivity index (χ4v) is 2.44. The number of benzene rings is 1. The molecule has 0 radical (unpaired) electrons. The topological polar surface area (TPSA) is 70.9 Å². The second-order valence-electron chi connectivity index (χ2n) is 5.83. The lowest BCUT2D eigenvalue weighted by molar-refractivity contribution is 0.400. The number of rotatable bonds is 3. The Hall–Kier alpha value is -2.83. The molecule has 2 aromatic heterocycles. The van der Waals surface area contributed by atoms with Crippen LogP contribution in [0.1, 0.15) is 19.4 Å². The monoisotopic (exact) mass is 330 g/mol. The van der Waals surface area contributed by atoms with Gasteiger partial charge in [0.05, 0.1) is 11.2 Å². The molecule has 0 aliphatic carbocycles. The summed E-state index contributed by atoms with van der Waals surface area (Å²) in [6.45, 7) is 5.62. The van der Waals surface area contributed by atoms with Crippen molar-refractivity contribution in [1.29, 1.82) is 0 Å². The highest BCUT2D eigenvalue weighted by Gasteiger charge is 2.17. The van der Waals surface area contributed by atoms with Gasteiger partial charge in [-0.25, -0.2) is 23.7 Å². The lowest BCUT2D eigenvalue weighted by Gasteiger charge is -2.10. The number of aromatic hydroxyl groups is 1. The van der Waals surface area contributed by atoms with Crippen molar-refractivity contribution in [1.82, 2.24) is 15.0 Å². The first-order valence-electron chi connectivity index (χ1n) is 7.44. The van der Waals surface area contributed by atoms with Crippen molar-refractivity contribution >= 4 is 16.9 Å². The van der Waals surface area contributed by atoms with E-state index >= 15 is 0 Å². The number of phenols is 1. The zero-order valence-electron chi connectivity index (χ0n) is 13.4. The molecule has 0 bridgehead atoms. The molecular weight excluding hydrogens is 314 g/mol. The number of pyridine rings is 1. The van der Waals surface area contributed by atoms with E-state index in [-0.39, 0.29) is 16.9 Å². The van der Waals surface area contributed by atoms with Crippen LogP contribution in [0.4, 0.5) is 14.7 Å². The van der Waals surface area contributed by atoms with Gasteiger partial charge in [0, 0.05) is 35.5 Å². The van der Waals surface area contributed by atoms with E-state index in [4.69, 9.17) is 0 Å². The zero-order valence-corrected chi connectivity index (χ0v) is 13.4. The average molecular weight is 330 g/mol. The second-order valence-corrected chi connectivity index (χ2v) is 5.83. The summed E-state index contributed by atoms with van der Waals surface area (Å²) in [7, 11) is 0. The fourth-order valence-electron chi connectivity index (χ4n) is 2.44. The van der Waals surface area contributed by atoms with Crippen LogP contribution >= 0.6 is 0 Å². The van der Waals surface area contributed by atoms with Crippen molar-refractivity contribution in [2.24, 2.45) is 0 Å². The van der Waals surface area contributed by atoms with Gasteiger partial charge >= 0.3 is 0 Å². The maximum atomic E-state index is 14.1. The van der Waals surface area contributed by atoms with E-state index in [0.29, 0.717) is 22.8 Å². The van der Waals surface area contributed by atoms with Crippen LogP contribution in [0.2, 0.25) is 0 Å². The molecule has 3 aromatic rings. The Bertz CT molecular complexity index is 911. The number of fused-ring (bicyclic) bond motifs is 1. The van der Waals surface area contributed by atoms with Gasteiger partial charge in [-0.05, 0) is 32.4 Å². The van der Waals surface area contributed by atoms with Crippen LogP contribution in [-0.4, -0.2) is 26.1 Å². The van der Waals surface area contributed by atoms with Crippen LogP contribution in [0.5, 0.6) is 5.75 Å². The molecule has 0 saturated heterocycles. The molecule has 0 atom stereocenters. The molecule has 24 heavy (non-hydrogen) atoms. The van der Waals surface area contributed by atoms with Gasteiger partial charge in [-0.3, -0.25) is 0 Å². The van der Waals surface area contributed by atoms with Gasteiger partial charge in [0.2, 0.25) is 5.95 Å². The molecule has 0 aliphatic rings. The Morgan fingerprint density at radius 1 is 1.12 bits per heavy atom. The molecule has 2 N–H and O–H groups in total. The summed E-state index contributed by atoms with van der Waals surface area (Å²) in [6, 6.07) is 2.87. The third kappa shape index (κ3) is 2.84. The van der Waals surface area contributed by atoms with Crippen molar-refractivity contribution in [3.8, 4) is 17.0 Å². The van der Waals surface area contributed by atoms with Crippen molar-refractivity contribution in [3.05, 3.63) is 41.7 Å². The number of hydrogen-bond acceptors (Lipinski definition) is 5. The van der Waals surface area contributed by atoms with Gasteiger partial charge in [0.1, 0.15) is 0 Å². The van der Waals surface area contributed by atoms with Crippen LogP contribution in [0.25, 0.3) is 22.2 Å². The summed E-state index contributed by atoms with van der Waals surface area (Å²) >= 11 is 0. The molecule has 0 saturated carbocycles. The highest BCUT2D eigenvalue weighted by molar-refractivity contribution is 5.87. The maximum Gasteiger partial charge on any atom is 0.222 e. The third-order valence-corrected chi connectivity index (χ3v) is 3.53. The Labute approximate surface area is 137 Å². The largest absolute Gasteiger partial charge is 0.503 e. The van der Waals surface area contributed by atoms with Gasteiger partial charge < -0.3 is 10.4 Å². The number of aromatic nitrogens is 3. The van der Waals surface area contributed by atoms with Gasteiger partial charge in [-0.15, -0.1) is 0 Å². The molecule has 2 heterocycles. The molecule has 1 aromatic carbocycles. The molecule has 5 nitrogen and oxygen atoms in total. The first-order valence-corrected chi connectivity index (χ1v) is 7.44. The quantitative estimate of drug-likeness (QED) is 0.764. The number of phenolic OH excluding ortho intramolecular Hbond substituents is 1. The van der Waals surface area contributed by atoms with Crippen molar-refractivity contribution < 1.29 is 13.9 Å². The van der Waals surface area contributed by atoms with E-state index in [2.05, 4.69) is 20.3 Å². The molecule has 7 heteroatoms. The number of halogens is 2. The van der Waals surface area contributed by atoms with E-state index < -0.39 is 17.4 Å². The van der Waals surface area contributed by atoms with E-state index in [1.165, 1.54) is 0 Å². The minimum Gasteiger partial charge on any atom is -0.503 e. The number of nitrogens with one attached hydrogen (secondary N) is 1. The van der Waals surface area contributed by atoms with Crippen LogP contribution < -0.4 is 5.32 Å². The summed E-state index contributed by atoms with van der Waals surface area (Å²) in [5.74, 6) is -2.55. The SMILES string of the molecule is Cc1cc(-c2cnc(NC(C)C)nc2)nc2cc(F)c(O)c(F)c12. The Morgan fingerprint density at radius 3 is 2.42 bits per heavy atom. The van der Waals surface area contributed by atoms with Crippen LogP contribution in [0.15, 0.2) is 24.5 Å². The summed E-state index contributed by atoms with van der Waals surface area (Å²) in [4.78, 5) is 12.7. The van der Waals surface area contributed by atoms with E-state index in [9.17, 15) is 13.9 Å².